The van der Waals surface area contributed by atoms with Gasteiger partial charge in [-0.15, -0.1) is 0 Å². The number of aryl methyl sites for hydroxylation is 1. The third kappa shape index (κ3) is 4.35. The van der Waals surface area contributed by atoms with E-state index in [2.05, 4.69) is 5.32 Å². The van der Waals surface area contributed by atoms with Gasteiger partial charge in [0.05, 0.1) is 4.90 Å². The van der Waals surface area contributed by atoms with Gasteiger partial charge in [0.2, 0.25) is 10.0 Å². The maximum Gasteiger partial charge on any atom is 0.243 e. The van der Waals surface area contributed by atoms with Gasteiger partial charge in [0.1, 0.15) is 0 Å². The van der Waals surface area contributed by atoms with Crippen LogP contribution in [0.4, 0.5) is 5.69 Å². The number of hydrogen-bond donors (Lipinski definition) is 1. The monoisotopic (exact) mass is 409 g/mol. The maximum absolute atomic E-state index is 12.7. The predicted octanol–water partition coefficient (Wildman–Crippen LogP) is 3.35. The number of sulfonamides is 1. The lowest BCUT2D eigenvalue weighted by Crippen LogP contribution is -2.51. The van der Waals surface area contributed by atoms with Crippen molar-refractivity contribution in [1.82, 2.24) is 9.21 Å². The van der Waals surface area contributed by atoms with E-state index in [0.717, 1.165) is 5.69 Å². The summed E-state index contributed by atoms with van der Waals surface area (Å²) < 4.78 is 27.0. The first-order valence-electron chi connectivity index (χ1n) is 8.24. The first-order valence-corrected chi connectivity index (χ1v) is 10.5. The standard InChI is InChI=1S/C18H20ClN3O2S2/c1-14-5-7-16(8-6-14)20-18(25)21-9-11-22(12-10-21)26(23,24)17-4-2-3-15(19)13-17/h2-8,13H,9-12H2,1H3,(H,20,25). The second kappa shape index (κ2) is 7.92. The fraction of sp³-hybridized carbons (Fsp3) is 0.278. The molecule has 138 valence electrons. The highest BCUT2D eigenvalue weighted by molar-refractivity contribution is 7.89. The van der Waals surface area contributed by atoms with Crippen LogP contribution in [0.25, 0.3) is 0 Å². The van der Waals surface area contributed by atoms with Gasteiger partial charge in [-0.1, -0.05) is 35.4 Å². The zero-order valence-electron chi connectivity index (χ0n) is 14.4. The molecule has 5 nitrogen and oxygen atoms in total. The van der Waals surface area contributed by atoms with Crippen molar-refractivity contribution in [3.8, 4) is 0 Å². The molecule has 0 aliphatic carbocycles. The van der Waals surface area contributed by atoms with E-state index >= 15 is 0 Å². The molecule has 8 heteroatoms. The molecule has 26 heavy (non-hydrogen) atoms. The number of piperazine rings is 1. The van der Waals surface area contributed by atoms with Crippen LogP contribution in [0.5, 0.6) is 0 Å². The van der Waals surface area contributed by atoms with Gasteiger partial charge in [0.15, 0.2) is 5.11 Å². The second-order valence-electron chi connectivity index (χ2n) is 6.14. The van der Waals surface area contributed by atoms with E-state index in [9.17, 15) is 8.42 Å². The minimum Gasteiger partial charge on any atom is -0.346 e. The first kappa shape index (κ1) is 19.1. The Morgan fingerprint density at radius 2 is 1.73 bits per heavy atom. The van der Waals surface area contributed by atoms with E-state index < -0.39 is 10.0 Å². The molecule has 0 aromatic heterocycles. The molecular formula is C18H20ClN3O2S2. The van der Waals surface area contributed by atoms with Crippen LogP contribution in [0.2, 0.25) is 5.02 Å². The zero-order chi connectivity index (χ0) is 18.7. The Balaban J connectivity index is 1.61. The SMILES string of the molecule is Cc1ccc(NC(=S)N2CCN(S(=O)(=O)c3cccc(Cl)c3)CC2)cc1. The van der Waals surface area contributed by atoms with E-state index in [1.54, 1.807) is 18.2 Å². The number of rotatable bonds is 3. The topological polar surface area (TPSA) is 52.6 Å². The van der Waals surface area contributed by atoms with Crippen molar-refractivity contribution in [1.29, 1.82) is 0 Å². The summed E-state index contributed by atoms with van der Waals surface area (Å²) in [7, 11) is -3.54. The summed E-state index contributed by atoms with van der Waals surface area (Å²) in [5, 5.41) is 4.22. The first-order chi connectivity index (χ1) is 12.4. The summed E-state index contributed by atoms with van der Waals surface area (Å²) in [6.45, 7) is 3.87. The van der Waals surface area contributed by atoms with Crippen LogP contribution >= 0.6 is 23.8 Å². The Morgan fingerprint density at radius 1 is 1.08 bits per heavy atom. The number of benzene rings is 2. The summed E-state index contributed by atoms with van der Waals surface area (Å²) in [4.78, 5) is 2.21. The Kier molecular flexibility index (Phi) is 5.82. The highest BCUT2D eigenvalue weighted by atomic mass is 35.5. The quantitative estimate of drug-likeness (QED) is 0.788. The molecule has 1 aliphatic heterocycles. The van der Waals surface area contributed by atoms with Gasteiger partial charge < -0.3 is 10.2 Å². The smallest absolute Gasteiger partial charge is 0.243 e. The minimum absolute atomic E-state index is 0.221. The van der Waals surface area contributed by atoms with Gasteiger partial charge in [-0.05, 0) is 49.5 Å². The van der Waals surface area contributed by atoms with Gasteiger partial charge in [0.25, 0.3) is 0 Å². The largest absolute Gasteiger partial charge is 0.346 e. The zero-order valence-corrected chi connectivity index (χ0v) is 16.7. The Hall–Kier alpha value is -1.67. The van der Waals surface area contributed by atoms with E-state index in [0.29, 0.717) is 36.3 Å². The number of hydrogen-bond acceptors (Lipinski definition) is 3. The Morgan fingerprint density at radius 3 is 2.35 bits per heavy atom. The van der Waals surface area contributed by atoms with Crippen molar-refractivity contribution in [2.45, 2.75) is 11.8 Å². The molecule has 1 saturated heterocycles. The molecule has 3 rings (SSSR count). The highest BCUT2D eigenvalue weighted by Crippen LogP contribution is 2.21. The molecule has 0 spiro atoms. The lowest BCUT2D eigenvalue weighted by Gasteiger charge is -2.35. The van der Waals surface area contributed by atoms with E-state index in [-0.39, 0.29) is 4.90 Å². The molecular weight excluding hydrogens is 390 g/mol. The number of halogens is 1. The van der Waals surface area contributed by atoms with Crippen LogP contribution in [0.1, 0.15) is 5.56 Å². The van der Waals surface area contributed by atoms with Gasteiger partial charge in [-0.25, -0.2) is 8.42 Å². The lowest BCUT2D eigenvalue weighted by atomic mass is 10.2. The third-order valence-electron chi connectivity index (χ3n) is 4.26. The number of nitrogens with one attached hydrogen (secondary N) is 1. The summed E-state index contributed by atoms with van der Waals surface area (Å²) in [5.74, 6) is 0. The van der Waals surface area contributed by atoms with Crippen LogP contribution < -0.4 is 5.32 Å². The lowest BCUT2D eigenvalue weighted by molar-refractivity contribution is 0.268. The van der Waals surface area contributed by atoms with Gasteiger partial charge in [-0.2, -0.15) is 4.31 Å². The van der Waals surface area contributed by atoms with Crippen LogP contribution in [0.3, 0.4) is 0 Å². The van der Waals surface area contributed by atoms with E-state index in [1.165, 1.54) is 15.9 Å². The minimum atomic E-state index is -3.54. The van der Waals surface area contributed by atoms with Crippen molar-refractivity contribution in [3.05, 3.63) is 59.1 Å². The Bertz CT molecular complexity index is 893. The molecule has 0 amide bonds. The summed E-state index contributed by atoms with van der Waals surface area (Å²) in [6, 6.07) is 14.3. The normalized spacial score (nSPS) is 15.7. The predicted molar refractivity (Wildman–Crippen MR) is 109 cm³/mol. The number of thiocarbonyl (C=S) groups is 1. The van der Waals surface area contributed by atoms with Crippen molar-refractivity contribution < 1.29 is 8.42 Å². The molecule has 0 saturated carbocycles. The molecule has 0 unspecified atom stereocenters. The van der Waals surface area contributed by atoms with Crippen molar-refractivity contribution in [2.75, 3.05) is 31.5 Å². The summed E-state index contributed by atoms with van der Waals surface area (Å²) >= 11 is 11.4. The molecule has 2 aromatic carbocycles. The van der Waals surface area contributed by atoms with Gasteiger partial charge >= 0.3 is 0 Å². The fourth-order valence-corrected chi connectivity index (χ4v) is 4.77. The molecule has 2 aromatic rings. The molecule has 1 N–H and O–H groups in total. The Labute approximate surface area is 164 Å². The molecule has 1 fully saturated rings. The highest BCUT2D eigenvalue weighted by Gasteiger charge is 2.29. The molecule has 0 radical (unpaired) electrons. The maximum atomic E-state index is 12.7. The van der Waals surface area contributed by atoms with Gasteiger partial charge in [-0.3, -0.25) is 0 Å². The molecule has 0 atom stereocenters. The molecule has 0 bridgehead atoms. The van der Waals surface area contributed by atoms with Crippen LogP contribution in [0.15, 0.2) is 53.4 Å². The molecule has 1 aliphatic rings. The summed E-state index contributed by atoms with van der Waals surface area (Å²) in [5.41, 5.74) is 2.11. The fourth-order valence-electron chi connectivity index (χ4n) is 2.75. The van der Waals surface area contributed by atoms with Gasteiger partial charge in [0, 0.05) is 36.9 Å². The molecule has 1 heterocycles. The van der Waals surface area contributed by atoms with E-state index in [4.69, 9.17) is 23.8 Å². The van der Waals surface area contributed by atoms with Crippen molar-refractivity contribution in [2.24, 2.45) is 0 Å². The number of anilines is 1. The third-order valence-corrected chi connectivity index (χ3v) is 6.75. The van der Waals surface area contributed by atoms with Crippen LogP contribution in [-0.2, 0) is 10.0 Å². The average Bonchev–Trinajstić information content (AvgIpc) is 2.64. The van der Waals surface area contributed by atoms with Crippen LogP contribution in [0, 0.1) is 6.92 Å². The van der Waals surface area contributed by atoms with Crippen molar-refractivity contribution in [3.63, 3.8) is 0 Å². The second-order valence-corrected chi connectivity index (χ2v) is 8.91. The number of nitrogens with zero attached hydrogens (tertiary/aromatic N) is 2. The summed E-state index contributed by atoms with van der Waals surface area (Å²) in [6.07, 6.45) is 0. The van der Waals surface area contributed by atoms with Crippen molar-refractivity contribution >= 4 is 44.6 Å². The van der Waals surface area contributed by atoms with Crippen LogP contribution in [-0.4, -0.2) is 48.9 Å². The average molecular weight is 410 g/mol. The van der Waals surface area contributed by atoms with E-state index in [1.807, 2.05) is 36.1 Å².